The molecule has 186 valence electrons. The van der Waals surface area contributed by atoms with Crippen LogP contribution in [0.4, 0.5) is 20.3 Å². The number of nitrogens with zero attached hydrogens (tertiary/aromatic N) is 2. The van der Waals surface area contributed by atoms with Gasteiger partial charge in [0.2, 0.25) is 0 Å². The summed E-state index contributed by atoms with van der Waals surface area (Å²) in [5, 5.41) is 6.47. The lowest BCUT2D eigenvalue weighted by Crippen LogP contribution is -2.34. The van der Waals surface area contributed by atoms with Crippen molar-refractivity contribution in [3.8, 4) is 11.3 Å². The maximum Gasteiger partial charge on any atom is 0.255 e. The van der Waals surface area contributed by atoms with E-state index in [1.165, 1.54) is 30.5 Å². The van der Waals surface area contributed by atoms with Crippen LogP contribution >= 0.6 is 0 Å². The average molecular weight is 493 g/mol. The molecule has 2 aromatic heterocycles. The zero-order chi connectivity index (χ0) is 25.4. The normalized spacial score (nSPS) is 17.5. The number of hydrogen-bond acceptors (Lipinski definition) is 6. The summed E-state index contributed by atoms with van der Waals surface area (Å²) in [6, 6.07) is 12.3. The van der Waals surface area contributed by atoms with Gasteiger partial charge in [-0.3, -0.25) is 4.79 Å². The maximum absolute atomic E-state index is 13.5. The highest BCUT2D eigenvalue weighted by Gasteiger charge is 2.29. The number of pyridine rings is 1. The van der Waals surface area contributed by atoms with E-state index >= 15 is 0 Å². The van der Waals surface area contributed by atoms with Crippen LogP contribution in [0.15, 0.2) is 59.1 Å². The van der Waals surface area contributed by atoms with E-state index in [0.29, 0.717) is 46.8 Å². The first kappa shape index (κ1) is 23.7. The number of furan rings is 1. The first-order valence-corrected chi connectivity index (χ1v) is 11.6. The summed E-state index contributed by atoms with van der Waals surface area (Å²) in [4.78, 5) is 19.1. The van der Waals surface area contributed by atoms with Gasteiger partial charge in [-0.2, -0.15) is 0 Å². The third kappa shape index (κ3) is 4.49. The number of rotatable bonds is 5. The number of aromatic nitrogens is 1. The number of fused-ring (bicyclic) bond motifs is 2. The molecule has 7 nitrogen and oxygen atoms in total. The Balaban J connectivity index is 1.50. The lowest BCUT2D eigenvalue weighted by atomic mass is 10.00. The van der Waals surface area contributed by atoms with Crippen molar-refractivity contribution < 1.29 is 22.7 Å². The van der Waals surface area contributed by atoms with Crippen LogP contribution in [-0.2, 0) is 4.74 Å². The second kappa shape index (κ2) is 9.58. The van der Waals surface area contributed by atoms with Gasteiger partial charge < -0.3 is 24.7 Å². The maximum atomic E-state index is 13.5. The number of carbonyl (C=O) groups is 1. The Bertz CT molecular complexity index is 1420. The minimum absolute atomic E-state index is 0.207. The Kier molecular flexibility index (Phi) is 6.32. The predicted molar refractivity (Wildman–Crippen MR) is 134 cm³/mol. The van der Waals surface area contributed by atoms with Gasteiger partial charge in [-0.1, -0.05) is 0 Å². The van der Waals surface area contributed by atoms with Crippen molar-refractivity contribution in [3.05, 3.63) is 77.5 Å². The SMILES string of the molecule is CNC(=O)c1c(-c2ccc(F)cc2)oc2cc3c(cc12)[C@H](C)O[C@H](CNc1cc(F)ccn1)CN3C. The third-order valence-electron chi connectivity index (χ3n) is 6.35. The monoisotopic (exact) mass is 492 g/mol. The summed E-state index contributed by atoms with van der Waals surface area (Å²) in [5.74, 6) is -0.204. The van der Waals surface area contributed by atoms with E-state index in [0.717, 1.165) is 11.3 Å². The van der Waals surface area contributed by atoms with Crippen LogP contribution < -0.4 is 15.5 Å². The molecule has 1 aliphatic rings. The molecule has 5 rings (SSSR count). The molecular formula is C27H26F2N4O3. The Labute approximate surface area is 207 Å². The Hall–Kier alpha value is -3.98. The molecule has 0 spiro atoms. The minimum atomic E-state index is -0.368. The van der Waals surface area contributed by atoms with Gasteiger partial charge in [-0.15, -0.1) is 0 Å². The molecule has 0 bridgehead atoms. The highest BCUT2D eigenvalue weighted by Crippen LogP contribution is 2.41. The topological polar surface area (TPSA) is 79.6 Å². The largest absolute Gasteiger partial charge is 0.455 e. The lowest BCUT2D eigenvalue weighted by Gasteiger charge is -2.23. The van der Waals surface area contributed by atoms with Crippen LogP contribution in [0.25, 0.3) is 22.3 Å². The molecule has 0 unspecified atom stereocenters. The number of nitrogens with one attached hydrogen (secondary N) is 2. The predicted octanol–water partition coefficient (Wildman–Crippen LogP) is 5.14. The van der Waals surface area contributed by atoms with Crippen molar-refractivity contribution in [1.29, 1.82) is 0 Å². The first-order valence-electron chi connectivity index (χ1n) is 11.6. The molecule has 2 atom stereocenters. The molecular weight excluding hydrogens is 466 g/mol. The highest BCUT2D eigenvalue weighted by atomic mass is 19.1. The molecule has 0 saturated carbocycles. The molecule has 0 fully saturated rings. The molecule has 9 heteroatoms. The number of hydrogen-bond donors (Lipinski definition) is 2. The van der Waals surface area contributed by atoms with Gasteiger partial charge >= 0.3 is 0 Å². The van der Waals surface area contributed by atoms with Gasteiger partial charge in [-0.25, -0.2) is 13.8 Å². The smallest absolute Gasteiger partial charge is 0.255 e. The summed E-state index contributed by atoms with van der Waals surface area (Å²) in [5.41, 5.74) is 3.37. The van der Waals surface area contributed by atoms with E-state index in [1.54, 1.807) is 19.2 Å². The fourth-order valence-electron chi connectivity index (χ4n) is 4.60. The van der Waals surface area contributed by atoms with Gasteiger partial charge in [0.1, 0.15) is 28.8 Å². The second-order valence-electron chi connectivity index (χ2n) is 8.82. The molecule has 0 saturated heterocycles. The van der Waals surface area contributed by atoms with Crippen molar-refractivity contribution in [2.45, 2.75) is 19.1 Å². The zero-order valence-electron chi connectivity index (χ0n) is 20.1. The number of halogens is 2. The molecule has 3 heterocycles. The van der Waals surface area contributed by atoms with Crippen LogP contribution in [0.1, 0.15) is 28.9 Å². The minimum Gasteiger partial charge on any atom is -0.455 e. The van der Waals surface area contributed by atoms with Crippen molar-refractivity contribution in [2.24, 2.45) is 0 Å². The Morgan fingerprint density at radius 2 is 1.92 bits per heavy atom. The van der Waals surface area contributed by atoms with E-state index < -0.39 is 0 Å². The summed E-state index contributed by atoms with van der Waals surface area (Å²) < 4.78 is 39.5. The van der Waals surface area contributed by atoms with Crippen molar-refractivity contribution in [3.63, 3.8) is 0 Å². The summed E-state index contributed by atoms with van der Waals surface area (Å²) in [6.07, 6.45) is 0.917. The fourth-order valence-corrected chi connectivity index (χ4v) is 4.60. The number of anilines is 2. The van der Waals surface area contributed by atoms with Crippen LogP contribution in [0, 0.1) is 11.6 Å². The van der Waals surface area contributed by atoms with Crippen molar-refractivity contribution in [1.82, 2.24) is 10.3 Å². The molecule has 1 aliphatic heterocycles. The number of benzene rings is 2. The van der Waals surface area contributed by atoms with Gasteiger partial charge in [-0.05, 0) is 43.3 Å². The zero-order valence-corrected chi connectivity index (χ0v) is 20.1. The average Bonchev–Trinajstić information content (AvgIpc) is 3.19. The number of likely N-dealkylation sites (N-methyl/N-ethyl adjacent to an activating group) is 1. The Morgan fingerprint density at radius 3 is 2.64 bits per heavy atom. The molecule has 0 radical (unpaired) electrons. The number of ether oxygens (including phenoxy) is 1. The number of amides is 1. The van der Waals surface area contributed by atoms with E-state index in [1.807, 2.05) is 26.1 Å². The van der Waals surface area contributed by atoms with E-state index in [-0.39, 0.29) is 29.7 Å². The molecule has 2 aromatic carbocycles. The summed E-state index contributed by atoms with van der Waals surface area (Å²) >= 11 is 0. The second-order valence-corrected chi connectivity index (χ2v) is 8.82. The van der Waals surface area contributed by atoms with Gasteiger partial charge in [0.25, 0.3) is 5.91 Å². The molecule has 2 N–H and O–H groups in total. The highest BCUT2D eigenvalue weighted by molar-refractivity contribution is 6.11. The van der Waals surface area contributed by atoms with Gasteiger partial charge in [0.05, 0.1) is 17.8 Å². The van der Waals surface area contributed by atoms with E-state index in [4.69, 9.17) is 9.15 Å². The van der Waals surface area contributed by atoms with Crippen molar-refractivity contribution >= 4 is 28.4 Å². The quantitative estimate of drug-likeness (QED) is 0.402. The number of carbonyl (C=O) groups excluding carboxylic acids is 1. The van der Waals surface area contributed by atoms with Crippen LogP contribution in [0.5, 0.6) is 0 Å². The van der Waals surface area contributed by atoms with Gasteiger partial charge in [0.15, 0.2) is 0 Å². The van der Waals surface area contributed by atoms with Crippen molar-refractivity contribution in [2.75, 3.05) is 37.4 Å². The summed E-state index contributed by atoms with van der Waals surface area (Å²) in [6.45, 7) is 2.96. The Morgan fingerprint density at radius 1 is 1.14 bits per heavy atom. The van der Waals surface area contributed by atoms with E-state index in [9.17, 15) is 13.6 Å². The third-order valence-corrected chi connectivity index (χ3v) is 6.35. The summed E-state index contributed by atoms with van der Waals surface area (Å²) in [7, 11) is 3.52. The molecule has 1 amide bonds. The lowest BCUT2D eigenvalue weighted by molar-refractivity contribution is 0.0134. The van der Waals surface area contributed by atoms with Crippen LogP contribution in [0.3, 0.4) is 0 Å². The first-order chi connectivity index (χ1) is 17.3. The fraction of sp³-hybridized carbons (Fsp3) is 0.259. The standard InChI is InChI=1S/C27H26F2N4O3/c1-15-20-11-21-23(36-26(25(21)27(34)30-2)16-4-6-17(28)7-5-16)12-22(20)33(3)14-19(35-15)13-32-24-10-18(29)8-9-31-24/h4-12,15,19H,13-14H2,1-3H3,(H,30,34)(H,31,32)/t15-,19+/m0/s1. The molecule has 0 aliphatic carbocycles. The van der Waals surface area contributed by atoms with Crippen LogP contribution in [0.2, 0.25) is 0 Å². The van der Waals surface area contributed by atoms with Gasteiger partial charge in [0, 0.05) is 67.7 Å². The van der Waals surface area contributed by atoms with E-state index in [2.05, 4.69) is 20.5 Å². The molecule has 36 heavy (non-hydrogen) atoms. The molecule has 4 aromatic rings. The van der Waals surface area contributed by atoms with Crippen LogP contribution in [-0.4, -0.2) is 44.2 Å².